The molecular weight excluding hydrogens is 410 g/mol. The number of ether oxygens (including phenoxy) is 1. The fourth-order valence-electron chi connectivity index (χ4n) is 4.62. The molecule has 2 amide bonds. The largest absolute Gasteiger partial charge is 0.491 e. The number of para-hydroxylation sites is 1. The third-order valence-electron chi connectivity index (χ3n) is 6.70. The summed E-state index contributed by atoms with van der Waals surface area (Å²) in [4.78, 5) is 29.8. The number of amides is 2. The number of hydrogen-bond acceptors (Lipinski definition) is 6. The average Bonchev–Trinajstić information content (AvgIpc) is 3.26. The van der Waals surface area contributed by atoms with Crippen LogP contribution in [0, 0.1) is 12.3 Å². The van der Waals surface area contributed by atoms with Gasteiger partial charge in [0.2, 0.25) is 0 Å². The van der Waals surface area contributed by atoms with E-state index in [1.54, 1.807) is 30.0 Å². The van der Waals surface area contributed by atoms with Gasteiger partial charge >= 0.3 is 0 Å². The van der Waals surface area contributed by atoms with E-state index in [0.29, 0.717) is 43.3 Å². The summed E-state index contributed by atoms with van der Waals surface area (Å²) >= 11 is 0. The fourth-order valence-corrected chi connectivity index (χ4v) is 4.62. The topological polar surface area (TPSA) is 96.1 Å². The predicted octanol–water partition coefficient (Wildman–Crippen LogP) is 2.90. The van der Waals surface area contributed by atoms with Crippen molar-refractivity contribution in [3.05, 3.63) is 47.3 Å². The minimum Gasteiger partial charge on any atom is -0.491 e. The molecule has 1 aromatic carbocycles. The SMILES string of the molecule is Cc1cc(C(=O)N2CCCCC3(CO)CCN(CC3)C(=O)c3ccccc3OCC2)no1. The van der Waals surface area contributed by atoms with E-state index in [9.17, 15) is 14.7 Å². The molecule has 8 nitrogen and oxygen atoms in total. The van der Waals surface area contributed by atoms with Crippen molar-refractivity contribution < 1.29 is 24.0 Å². The molecule has 0 saturated carbocycles. The lowest BCUT2D eigenvalue weighted by Gasteiger charge is -2.41. The fraction of sp³-hybridized carbons (Fsp3) is 0.542. The number of nitrogens with zero attached hydrogens (tertiary/aromatic N) is 3. The molecule has 2 aromatic rings. The maximum atomic E-state index is 13.2. The van der Waals surface area contributed by atoms with E-state index in [2.05, 4.69) is 5.16 Å². The van der Waals surface area contributed by atoms with Crippen molar-refractivity contribution in [2.75, 3.05) is 39.4 Å². The minimum atomic E-state index is -0.192. The van der Waals surface area contributed by atoms with Crippen LogP contribution in [0.2, 0.25) is 0 Å². The van der Waals surface area contributed by atoms with Gasteiger partial charge in [-0.3, -0.25) is 9.59 Å². The van der Waals surface area contributed by atoms with Crippen molar-refractivity contribution in [2.45, 2.75) is 39.0 Å². The van der Waals surface area contributed by atoms with Crippen LogP contribution in [0.5, 0.6) is 5.75 Å². The van der Waals surface area contributed by atoms with Crippen molar-refractivity contribution >= 4 is 11.8 Å². The van der Waals surface area contributed by atoms with Crippen molar-refractivity contribution in [1.29, 1.82) is 0 Å². The molecular formula is C24H31N3O5. The third kappa shape index (κ3) is 4.80. The lowest BCUT2D eigenvalue weighted by molar-refractivity contribution is 0.0297. The number of hydrogen-bond donors (Lipinski definition) is 1. The van der Waals surface area contributed by atoms with Gasteiger partial charge in [-0.25, -0.2) is 0 Å². The van der Waals surface area contributed by atoms with Crippen molar-refractivity contribution in [3.63, 3.8) is 0 Å². The van der Waals surface area contributed by atoms with Gasteiger partial charge in [0, 0.05) is 32.3 Å². The number of rotatable bonds is 2. The Morgan fingerprint density at radius 1 is 1.12 bits per heavy atom. The molecule has 1 N–H and O–H groups in total. The van der Waals surface area contributed by atoms with Crippen molar-refractivity contribution in [1.82, 2.24) is 15.0 Å². The van der Waals surface area contributed by atoms with Crippen LogP contribution < -0.4 is 4.74 Å². The normalized spacial score (nSPS) is 19.6. The Morgan fingerprint density at radius 2 is 1.91 bits per heavy atom. The predicted molar refractivity (Wildman–Crippen MR) is 118 cm³/mol. The quantitative estimate of drug-likeness (QED) is 0.770. The second-order valence-corrected chi connectivity index (χ2v) is 8.87. The number of aliphatic hydroxyl groups is 1. The molecule has 0 unspecified atom stereocenters. The lowest BCUT2D eigenvalue weighted by Crippen LogP contribution is -2.44. The highest BCUT2D eigenvalue weighted by atomic mass is 16.5. The maximum Gasteiger partial charge on any atom is 0.276 e. The Morgan fingerprint density at radius 3 is 2.62 bits per heavy atom. The first-order valence-corrected chi connectivity index (χ1v) is 11.4. The molecule has 8 heteroatoms. The van der Waals surface area contributed by atoms with Crippen molar-refractivity contribution in [2.24, 2.45) is 5.41 Å². The van der Waals surface area contributed by atoms with Gasteiger partial charge in [0.15, 0.2) is 5.69 Å². The summed E-state index contributed by atoms with van der Waals surface area (Å²) < 4.78 is 11.1. The first kappa shape index (κ1) is 22.3. The number of benzene rings is 1. The highest BCUT2D eigenvalue weighted by molar-refractivity contribution is 5.97. The van der Waals surface area contributed by atoms with Crippen LogP contribution in [0.25, 0.3) is 0 Å². The van der Waals surface area contributed by atoms with E-state index in [1.165, 1.54) is 0 Å². The van der Waals surface area contributed by atoms with Crippen LogP contribution >= 0.6 is 0 Å². The Hall–Kier alpha value is -2.87. The molecule has 0 radical (unpaired) electrons. The number of carbonyl (C=O) groups excluding carboxylic acids is 2. The molecule has 2 bridgehead atoms. The van der Waals surface area contributed by atoms with Gasteiger partial charge in [0.05, 0.1) is 12.1 Å². The zero-order valence-corrected chi connectivity index (χ0v) is 18.6. The van der Waals surface area contributed by atoms with Crippen LogP contribution in [0.3, 0.4) is 0 Å². The minimum absolute atomic E-state index is 0.0481. The van der Waals surface area contributed by atoms with E-state index in [4.69, 9.17) is 9.26 Å². The van der Waals surface area contributed by atoms with Gasteiger partial charge in [0.25, 0.3) is 11.8 Å². The summed E-state index contributed by atoms with van der Waals surface area (Å²) in [5.74, 6) is 0.873. The zero-order chi connectivity index (χ0) is 22.6. The van der Waals surface area contributed by atoms with Crippen LogP contribution in [0.1, 0.15) is 58.7 Å². The molecule has 1 fully saturated rings. The number of fused-ring (bicyclic) bond motifs is 9. The third-order valence-corrected chi connectivity index (χ3v) is 6.70. The Bertz CT molecular complexity index is 949. The molecule has 1 saturated heterocycles. The molecule has 1 aromatic heterocycles. The molecule has 0 spiro atoms. The van der Waals surface area contributed by atoms with Crippen LogP contribution in [-0.4, -0.2) is 71.3 Å². The highest BCUT2D eigenvalue weighted by Gasteiger charge is 2.36. The summed E-state index contributed by atoms with van der Waals surface area (Å²) in [5.41, 5.74) is 0.656. The average molecular weight is 442 g/mol. The van der Waals surface area contributed by atoms with Crippen molar-refractivity contribution in [3.8, 4) is 5.75 Å². The molecule has 0 atom stereocenters. The van der Waals surface area contributed by atoms with E-state index < -0.39 is 0 Å². The Kier molecular flexibility index (Phi) is 6.79. The van der Waals surface area contributed by atoms with Gasteiger partial charge in [-0.15, -0.1) is 0 Å². The van der Waals surface area contributed by atoms with E-state index >= 15 is 0 Å². The first-order valence-electron chi connectivity index (χ1n) is 11.4. The Balaban J connectivity index is 1.57. The monoisotopic (exact) mass is 441 g/mol. The summed E-state index contributed by atoms with van der Waals surface area (Å²) in [6, 6.07) is 8.89. The molecule has 0 aliphatic carbocycles. The summed E-state index contributed by atoms with van der Waals surface area (Å²) in [7, 11) is 0. The highest BCUT2D eigenvalue weighted by Crippen LogP contribution is 2.37. The second kappa shape index (κ2) is 9.73. The second-order valence-electron chi connectivity index (χ2n) is 8.87. The van der Waals surface area contributed by atoms with Crippen LogP contribution in [-0.2, 0) is 0 Å². The summed E-state index contributed by atoms with van der Waals surface area (Å²) in [6.45, 7) is 4.35. The first-order chi connectivity index (χ1) is 15.5. The van der Waals surface area contributed by atoms with E-state index in [1.807, 2.05) is 17.0 Å². The van der Waals surface area contributed by atoms with Gasteiger partial charge in [-0.05, 0) is 50.2 Å². The van der Waals surface area contributed by atoms with Gasteiger partial charge in [-0.2, -0.15) is 0 Å². The molecule has 5 rings (SSSR count). The number of piperidine rings is 1. The molecule has 3 aliphatic rings. The number of aryl methyl sites for hydroxylation is 1. The van der Waals surface area contributed by atoms with Crippen LogP contribution in [0.4, 0.5) is 0 Å². The molecule has 172 valence electrons. The molecule has 32 heavy (non-hydrogen) atoms. The van der Waals surface area contributed by atoms with E-state index in [-0.39, 0.29) is 36.1 Å². The molecule has 4 heterocycles. The molecule has 3 aliphatic heterocycles. The van der Waals surface area contributed by atoms with Gasteiger partial charge < -0.3 is 24.2 Å². The van der Waals surface area contributed by atoms with Crippen LogP contribution in [0.15, 0.2) is 34.9 Å². The smallest absolute Gasteiger partial charge is 0.276 e. The summed E-state index contributed by atoms with van der Waals surface area (Å²) in [6.07, 6.45) is 4.16. The maximum absolute atomic E-state index is 13.2. The lowest BCUT2D eigenvalue weighted by atomic mass is 9.75. The van der Waals surface area contributed by atoms with Gasteiger partial charge in [0.1, 0.15) is 18.1 Å². The number of aliphatic hydroxyl groups excluding tert-OH is 1. The van der Waals surface area contributed by atoms with Gasteiger partial charge in [-0.1, -0.05) is 23.7 Å². The summed E-state index contributed by atoms with van der Waals surface area (Å²) in [5, 5.41) is 14.0. The standard InChI is InChI=1S/C24H31N3O5/c1-18-16-20(25-32-18)23(30)26-11-5-4-8-24(17-28)9-12-27(13-10-24)22(29)19-6-2-3-7-21(19)31-15-14-26/h2-3,6-7,16,28H,4-5,8-15,17H2,1H3. The zero-order valence-electron chi connectivity index (χ0n) is 18.6. The number of aromatic nitrogens is 1. The van der Waals surface area contributed by atoms with E-state index in [0.717, 1.165) is 32.1 Å². The number of carbonyl (C=O) groups is 2. The Labute approximate surface area is 188 Å².